The Morgan fingerprint density at radius 2 is 1.84 bits per heavy atom. The van der Waals surface area contributed by atoms with Crippen LogP contribution in [0.3, 0.4) is 0 Å². The minimum Gasteiger partial charge on any atom is -0.504 e. The lowest BCUT2D eigenvalue weighted by Gasteiger charge is -2.19. The number of anilines is 1. The van der Waals surface area contributed by atoms with Crippen molar-refractivity contribution in [1.29, 1.82) is 0 Å². The number of nitrogens with one attached hydrogen (secondary N) is 2. The van der Waals surface area contributed by atoms with E-state index in [1.165, 1.54) is 26.2 Å². The van der Waals surface area contributed by atoms with Gasteiger partial charge < -0.3 is 20.2 Å². The number of aryl methyl sites for hydroxylation is 1. The Morgan fingerprint density at radius 1 is 1.19 bits per heavy atom. The lowest BCUT2D eigenvalue weighted by Crippen LogP contribution is -2.36. The van der Waals surface area contributed by atoms with Crippen molar-refractivity contribution in [2.75, 3.05) is 19.4 Å². The lowest BCUT2D eigenvalue weighted by molar-refractivity contribution is 0.424. The van der Waals surface area contributed by atoms with Crippen LogP contribution < -0.4 is 10.6 Å². The summed E-state index contributed by atoms with van der Waals surface area (Å²) in [5, 5.41) is 16.0. The van der Waals surface area contributed by atoms with Crippen LogP contribution in [0.5, 0.6) is 5.75 Å². The number of amidine groups is 2. The zero-order valence-corrected chi connectivity index (χ0v) is 20.0. The number of phenolic OH excluding ortho intramolecular Hbond substituents is 1. The van der Waals surface area contributed by atoms with Gasteiger partial charge in [0.1, 0.15) is 16.4 Å². The average molecular weight is 504 g/mol. The van der Waals surface area contributed by atoms with Gasteiger partial charge in [0.25, 0.3) is 0 Å². The standard InChI is InChI=1S/C18H22ClN5O6S2/c1-5-12(14-9-6-10(2)30-14)20-17-18(23-32(28,29)22-17)21-13-8-7-11(19)16(15(13)25)31(26,27)24(3)4/h6-9,12,25H,5H2,1-4H3,(H,20,22)(H,21,23)/t12-/m1/s1. The largest absolute Gasteiger partial charge is 0.504 e. The van der Waals surface area contributed by atoms with Crippen molar-refractivity contribution >= 4 is 49.2 Å². The summed E-state index contributed by atoms with van der Waals surface area (Å²) in [5.41, 5.74) is -0.123. The molecule has 174 valence electrons. The smallest absolute Gasteiger partial charge is 0.367 e. The molecule has 0 fully saturated rings. The van der Waals surface area contributed by atoms with Crippen LogP contribution in [0, 0.1) is 6.92 Å². The SMILES string of the molecule is CC[C@@H](NC1=NS(=O)(=O)N=C1Nc1ccc(Cl)c(S(=O)(=O)N(C)C)c1O)c1ccc(C)o1. The number of aromatic hydroxyl groups is 1. The number of rotatable bonds is 6. The van der Waals surface area contributed by atoms with Gasteiger partial charge in [-0.2, -0.15) is 8.42 Å². The summed E-state index contributed by atoms with van der Waals surface area (Å²) in [6.07, 6.45) is 0.538. The highest BCUT2D eigenvalue weighted by molar-refractivity contribution is 7.90. The second kappa shape index (κ2) is 8.73. The van der Waals surface area contributed by atoms with Gasteiger partial charge in [0.05, 0.1) is 16.8 Å². The van der Waals surface area contributed by atoms with Crippen LogP contribution in [-0.4, -0.2) is 52.0 Å². The number of halogens is 1. The molecule has 3 rings (SSSR count). The highest BCUT2D eigenvalue weighted by Gasteiger charge is 2.31. The fourth-order valence-corrected chi connectivity index (χ4v) is 5.15. The first-order valence-corrected chi connectivity index (χ1v) is 12.6. The van der Waals surface area contributed by atoms with Crippen molar-refractivity contribution in [3.05, 3.63) is 40.8 Å². The Labute approximate surface area is 191 Å². The Kier molecular flexibility index (Phi) is 6.56. The third kappa shape index (κ3) is 4.75. The van der Waals surface area contributed by atoms with E-state index in [0.29, 0.717) is 17.9 Å². The van der Waals surface area contributed by atoms with Gasteiger partial charge in [0.15, 0.2) is 17.4 Å². The van der Waals surface area contributed by atoms with Crippen LogP contribution in [0.4, 0.5) is 5.69 Å². The number of hydrogen-bond donors (Lipinski definition) is 3. The predicted octanol–water partition coefficient (Wildman–Crippen LogP) is 2.41. The molecule has 1 aliphatic heterocycles. The van der Waals surface area contributed by atoms with Crippen molar-refractivity contribution < 1.29 is 26.4 Å². The molecule has 1 aliphatic rings. The molecule has 32 heavy (non-hydrogen) atoms. The molecule has 0 amide bonds. The molecular weight excluding hydrogens is 482 g/mol. The van der Waals surface area contributed by atoms with Gasteiger partial charge in [-0.3, -0.25) is 0 Å². The number of furan rings is 1. The maximum Gasteiger partial charge on any atom is 0.367 e. The summed E-state index contributed by atoms with van der Waals surface area (Å²) in [6, 6.07) is 5.68. The Hall–Kier alpha value is -2.61. The molecule has 0 saturated heterocycles. The molecule has 3 N–H and O–H groups in total. The second-order valence-electron chi connectivity index (χ2n) is 7.07. The first-order chi connectivity index (χ1) is 14.9. The van der Waals surface area contributed by atoms with Gasteiger partial charge in [-0.1, -0.05) is 18.5 Å². The molecule has 0 unspecified atom stereocenters. The molecule has 0 saturated carbocycles. The lowest BCUT2D eigenvalue weighted by atomic mass is 10.1. The van der Waals surface area contributed by atoms with Crippen LogP contribution in [0.2, 0.25) is 5.02 Å². The summed E-state index contributed by atoms with van der Waals surface area (Å²) >= 11 is 6.01. The number of nitrogens with zero attached hydrogens (tertiary/aromatic N) is 3. The summed E-state index contributed by atoms with van der Waals surface area (Å²) < 4.78 is 62.8. The highest BCUT2D eigenvalue weighted by atomic mass is 35.5. The van der Waals surface area contributed by atoms with E-state index in [-0.39, 0.29) is 22.4 Å². The molecule has 0 spiro atoms. The number of sulfonamides is 1. The van der Waals surface area contributed by atoms with E-state index in [2.05, 4.69) is 19.4 Å². The van der Waals surface area contributed by atoms with Crippen LogP contribution >= 0.6 is 11.6 Å². The Balaban J connectivity index is 1.97. The Bertz CT molecular complexity index is 1320. The van der Waals surface area contributed by atoms with Gasteiger partial charge in [0.2, 0.25) is 10.0 Å². The van der Waals surface area contributed by atoms with Crippen LogP contribution in [0.25, 0.3) is 0 Å². The first kappa shape index (κ1) is 24.0. The molecule has 2 aromatic rings. The molecule has 14 heteroatoms. The molecule has 0 bridgehead atoms. The fraction of sp³-hybridized carbons (Fsp3) is 0.333. The van der Waals surface area contributed by atoms with E-state index in [0.717, 1.165) is 4.31 Å². The fourth-order valence-electron chi connectivity index (χ4n) is 2.90. The monoisotopic (exact) mass is 503 g/mol. The van der Waals surface area contributed by atoms with Gasteiger partial charge in [-0.25, -0.2) is 12.7 Å². The Morgan fingerprint density at radius 3 is 2.41 bits per heavy atom. The molecule has 0 radical (unpaired) electrons. The number of benzene rings is 1. The van der Waals surface area contributed by atoms with E-state index in [9.17, 15) is 21.9 Å². The molecule has 1 aromatic heterocycles. The van der Waals surface area contributed by atoms with Crippen molar-refractivity contribution in [1.82, 2.24) is 9.62 Å². The van der Waals surface area contributed by atoms with Crippen LogP contribution in [-0.2, 0) is 20.2 Å². The van der Waals surface area contributed by atoms with Crippen molar-refractivity contribution in [2.45, 2.75) is 31.2 Å². The third-order valence-electron chi connectivity index (χ3n) is 4.54. The number of hydrogen-bond acceptors (Lipinski definition) is 8. The molecule has 0 aliphatic carbocycles. The summed E-state index contributed by atoms with van der Waals surface area (Å²) in [5.74, 6) is 0.236. The van der Waals surface area contributed by atoms with Crippen LogP contribution in [0.1, 0.15) is 30.9 Å². The molecule has 2 heterocycles. The normalized spacial score (nSPS) is 16.6. The van der Waals surface area contributed by atoms with Gasteiger partial charge in [-0.05, 0) is 37.6 Å². The third-order valence-corrected chi connectivity index (χ3v) is 7.68. The average Bonchev–Trinajstić information content (AvgIpc) is 3.24. The second-order valence-corrected chi connectivity index (χ2v) is 10.8. The van der Waals surface area contributed by atoms with E-state index < -0.39 is 36.9 Å². The minimum absolute atomic E-state index is 0.114. The molecule has 1 atom stereocenters. The van der Waals surface area contributed by atoms with E-state index in [1.807, 2.05) is 6.92 Å². The van der Waals surface area contributed by atoms with Gasteiger partial charge in [-0.15, -0.1) is 8.80 Å². The highest BCUT2D eigenvalue weighted by Crippen LogP contribution is 2.38. The topological polar surface area (TPSA) is 154 Å². The summed E-state index contributed by atoms with van der Waals surface area (Å²) in [6.45, 7) is 3.65. The molecule has 1 aromatic carbocycles. The zero-order chi connectivity index (χ0) is 23.8. The maximum absolute atomic E-state index is 12.6. The predicted molar refractivity (Wildman–Crippen MR) is 121 cm³/mol. The minimum atomic E-state index is -4.18. The molecular formula is C18H22ClN5O6S2. The van der Waals surface area contributed by atoms with Gasteiger partial charge in [0, 0.05) is 14.1 Å². The van der Waals surface area contributed by atoms with Crippen LogP contribution in [0.15, 0.2) is 42.4 Å². The van der Waals surface area contributed by atoms with Crippen molar-refractivity contribution in [2.24, 2.45) is 8.80 Å². The maximum atomic E-state index is 12.6. The first-order valence-electron chi connectivity index (χ1n) is 9.35. The quantitative estimate of drug-likeness (QED) is 0.508. The van der Waals surface area contributed by atoms with E-state index >= 15 is 0 Å². The summed E-state index contributed by atoms with van der Waals surface area (Å²) in [4.78, 5) is -0.528. The molecule has 11 nitrogen and oxygen atoms in total. The van der Waals surface area contributed by atoms with Crippen molar-refractivity contribution in [3.63, 3.8) is 0 Å². The summed E-state index contributed by atoms with van der Waals surface area (Å²) in [7, 11) is -5.70. The van der Waals surface area contributed by atoms with E-state index in [4.69, 9.17) is 16.0 Å². The zero-order valence-electron chi connectivity index (χ0n) is 17.6. The number of phenols is 1. The van der Waals surface area contributed by atoms with Crippen molar-refractivity contribution in [3.8, 4) is 5.75 Å². The van der Waals surface area contributed by atoms with Gasteiger partial charge >= 0.3 is 10.2 Å². The van der Waals surface area contributed by atoms with E-state index in [1.54, 1.807) is 19.1 Å².